The second-order valence-electron chi connectivity index (χ2n) is 7.72. The molecule has 4 rings (SSSR count). The Bertz CT molecular complexity index is 850. The van der Waals surface area contributed by atoms with E-state index in [2.05, 4.69) is 4.90 Å². The van der Waals surface area contributed by atoms with Gasteiger partial charge in [-0.05, 0) is 49.7 Å². The van der Waals surface area contributed by atoms with Gasteiger partial charge in [0.25, 0.3) is 0 Å². The molecular formula is C23H27FN2O3. The fourth-order valence-corrected chi connectivity index (χ4v) is 3.91. The van der Waals surface area contributed by atoms with Gasteiger partial charge in [0.2, 0.25) is 12.7 Å². The summed E-state index contributed by atoms with van der Waals surface area (Å²) in [5, 5.41) is 0. The topological polar surface area (TPSA) is 42.0 Å². The average molecular weight is 398 g/mol. The number of hydrogen-bond acceptors (Lipinski definition) is 4. The van der Waals surface area contributed by atoms with Crippen molar-refractivity contribution >= 4 is 5.91 Å². The second kappa shape index (κ2) is 9.27. The molecule has 0 unspecified atom stereocenters. The van der Waals surface area contributed by atoms with E-state index >= 15 is 0 Å². The number of hydrogen-bond donors (Lipinski definition) is 0. The molecule has 1 fully saturated rings. The van der Waals surface area contributed by atoms with Crippen LogP contribution in [0.1, 0.15) is 36.8 Å². The van der Waals surface area contributed by atoms with E-state index in [0.717, 1.165) is 31.5 Å². The Morgan fingerprint density at radius 2 is 1.72 bits per heavy atom. The Morgan fingerprint density at radius 1 is 0.966 bits per heavy atom. The minimum absolute atomic E-state index is 0.0211. The summed E-state index contributed by atoms with van der Waals surface area (Å²) in [6.45, 7) is 3.13. The standard InChI is InChI=1S/C23H27FN2O3/c24-20-8-4-3-7-19(20)15-26(23(27)16-25-11-5-1-2-6-12-25)14-18-9-10-21-22(13-18)29-17-28-21/h3-4,7-10,13H,1-2,5-6,11-12,14-17H2. The quantitative estimate of drug-likeness (QED) is 0.739. The second-order valence-corrected chi connectivity index (χ2v) is 7.72. The fourth-order valence-electron chi connectivity index (χ4n) is 3.91. The molecule has 0 atom stereocenters. The first-order valence-corrected chi connectivity index (χ1v) is 10.3. The van der Waals surface area contributed by atoms with Crippen molar-refractivity contribution < 1.29 is 18.7 Å². The van der Waals surface area contributed by atoms with Crippen molar-refractivity contribution in [3.8, 4) is 11.5 Å². The molecule has 0 saturated carbocycles. The summed E-state index contributed by atoms with van der Waals surface area (Å²) in [5.41, 5.74) is 1.47. The van der Waals surface area contributed by atoms with E-state index in [-0.39, 0.29) is 25.1 Å². The van der Waals surface area contributed by atoms with Gasteiger partial charge < -0.3 is 14.4 Å². The molecule has 0 radical (unpaired) electrons. The van der Waals surface area contributed by atoms with E-state index in [9.17, 15) is 9.18 Å². The normalized spacial score (nSPS) is 16.4. The summed E-state index contributed by atoms with van der Waals surface area (Å²) in [5.74, 6) is 1.14. The molecule has 6 heteroatoms. The molecule has 2 aliphatic heterocycles. The minimum Gasteiger partial charge on any atom is -0.454 e. The Labute approximate surface area is 171 Å². The highest BCUT2D eigenvalue weighted by Crippen LogP contribution is 2.33. The lowest BCUT2D eigenvalue weighted by Gasteiger charge is -2.27. The number of nitrogens with zero attached hydrogens (tertiary/aromatic N) is 2. The molecule has 0 bridgehead atoms. The highest BCUT2D eigenvalue weighted by atomic mass is 19.1. The molecule has 1 saturated heterocycles. The van der Waals surface area contributed by atoms with Gasteiger partial charge in [0.05, 0.1) is 6.54 Å². The minimum atomic E-state index is -0.286. The Hall–Kier alpha value is -2.60. The van der Waals surface area contributed by atoms with Crippen molar-refractivity contribution in [2.75, 3.05) is 26.4 Å². The summed E-state index contributed by atoms with van der Waals surface area (Å²) in [4.78, 5) is 17.1. The number of carbonyl (C=O) groups excluding carboxylic acids is 1. The zero-order valence-corrected chi connectivity index (χ0v) is 16.6. The molecule has 1 amide bonds. The van der Waals surface area contributed by atoms with Crippen molar-refractivity contribution in [3.63, 3.8) is 0 Å². The van der Waals surface area contributed by atoms with E-state index in [1.54, 1.807) is 23.1 Å². The summed E-state index contributed by atoms with van der Waals surface area (Å²) >= 11 is 0. The number of amides is 1. The average Bonchev–Trinajstić information content (AvgIpc) is 3.04. The number of fused-ring (bicyclic) bond motifs is 1. The van der Waals surface area contributed by atoms with Crippen LogP contribution >= 0.6 is 0 Å². The first-order chi connectivity index (χ1) is 14.2. The van der Waals surface area contributed by atoms with Crippen molar-refractivity contribution in [1.29, 1.82) is 0 Å². The SMILES string of the molecule is O=C(CN1CCCCCC1)N(Cc1ccc2c(c1)OCO2)Cc1ccccc1F. The van der Waals surface area contributed by atoms with E-state index in [0.29, 0.717) is 30.2 Å². The third kappa shape index (κ3) is 5.07. The summed E-state index contributed by atoms with van der Waals surface area (Å²) in [7, 11) is 0. The molecule has 2 aliphatic rings. The summed E-state index contributed by atoms with van der Waals surface area (Å²) < 4.78 is 25.1. The Kier molecular flexibility index (Phi) is 6.30. The van der Waals surface area contributed by atoms with Crippen molar-refractivity contribution in [3.05, 3.63) is 59.4 Å². The van der Waals surface area contributed by atoms with Gasteiger partial charge in [-0.2, -0.15) is 0 Å². The molecule has 0 N–H and O–H groups in total. The first-order valence-electron chi connectivity index (χ1n) is 10.3. The zero-order valence-electron chi connectivity index (χ0n) is 16.6. The van der Waals surface area contributed by atoms with Crippen LogP contribution in [0.25, 0.3) is 0 Å². The van der Waals surface area contributed by atoms with Gasteiger partial charge in [-0.3, -0.25) is 9.69 Å². The predicted octanol–water partition coefficient (Wildman–Crippen LogP) is 3.96. The molecule has 0 aromatic heterocycles. The summed E-state index contributed by atoms with van der Waals surface area (Å²) in [6.07, 6.45) is 4.70. The maximum Gasteiger partial charge on any atom is 0.237 e. The van der Waals surface area contributed by atoms with E-state index in [1.807, 2.05) is 18.2 Å². The van der Waals surface area contributed by atoms with Crippen molar-refractivity contribution in [2.24, 2.45) is 0 Å². The van der Waals surface area contributed by atoms with Crippen LogP contribution in [0.2, 0.25) is 0 Å². The lowest BCUT2D eigenvalue weighted by atomic mass is 10.1. The van der Waals surface area contributed by atoms with Gasteiger partial charge in [0.15, 0.2) is 11.5 Å². The van der Waals surface area contributed by atoms with Crippen LogP contribution < -0.4 is 9.47 Å². The van der Waals surface area contributed by atoms with Crippen LogP contribution in [0.5, 0.6) is 11.5 Å². The first kappa shape index (κ1) is 19.7. The Balaban J connectivity index is 1.51. The van der Waals surface area contributed by atoms with E-state index in [4.69, 9.17) is 9.47 Å². The van der Waals surface area contributed by atoms with Crippen LogP contribution in [0, 0.1) is 5.82 Å². The third-order valence-electron chi connectivity index (χ3n) is 5.54. The molecule has 2 heterocycles. The molecule has 154 valence electrons. The van der Waals surface area contributed by atoms with Gasteiger partial charge in [-0.25, -0.2) is 4.39 Å². The molecule has 29 heavy (non-hydrogen) atoms. The van der Waals surface area contributed by atoms with Crippen LogP contribution in [0.3, 0.4) is 0 Å². The number of rotatable bonds is 6. The molecular weight excluding hydrogens is 371 g/mol. The monoisotopic (exact) mass is 398 g/mol. The van der Waals surface area contributed by atoms with Crippen LogP contribution in [-0.4, -0.2) is 42.1 Å². The Morgan fingerprint density at radius 3 is 2.52 bits per heavy atom. The van der Waals surface area contributed by atoms with Crippen LogP contribution in [0.4, 0.5) is 4.39 Å². The molecule has 2 aromatic carbocycles. The van der Waals surface area contributed by atoms with E-state index < -0.39 is 0 Å². The maximum atomic E-state index is 14.3. The molecule has 2 aromatic rings. The number of carbonyl (C=O) groups is 1. The maximum absolute atomic E-state index is 14.3. The smallest absolute Gasteiger partial charge is 0.237 e. The van der Waals surface area contributed by atoms with Crippen LogP contribution in [0.15, 0.2) is 42.5 Å². The number of benzene rings is 2. The molecule has 5 nitrogen and oxygen atoms in total. The van der Waals surface area contributed by atoms with Crippen molar-refractivity contribution in [1.82, 2.24) is 9.80 Å². The van der Waals surface area contributed by atoms with Gasteiger partial charge in [0.1, 0.15) is 5.82 Å². The lowest BCUT2D eigenvalue weighted by molar-refractivity contribution is -0.133. The van der Waals surface area contributed by atoms with E-state index in [1.165, 1.54) is 18.9 Å². The van der Waals surface area contributed by atoms with Crippen LogP contribution in [-0.2, 0) is 17.9 Å². The third-order valence-corrected chi connectivity index (χ3v) is 5.54. The highest BCUT2D eigenvalue weighted by molar-refractivity contribution is 5.78. The fraction of sp³-hybridized carbons (Fsp3) is 0.435. The van der Waals surface area contributed by atoms with Gasteiger partial charge in [0, 0.05) is 18.7 Å². The number of likely N-dealkylation sites (tertiary alicyclic amines) is 1. The number of ether oxygens (including phenoxy) is 2. The van der Waals surface area contributed by atoms with Gasteiger partial charge in [-0.1, -0.05) is 37.1 Å². The summed E-state index contributed by atoms with van der Waals surface area (Å²) in [6, 6.07) is 12.3. The lowest BCUT2D eigenvalue weighted by Crippen LogP contribution is -2.40. The molecule has 0 aliphatic carbocycles. The van der Waals surface area contributed by atoms with Crippen molar-refractivity contribution in [2.45, 2.75) is 38.8 Å². The largest absolute Gasteiger partial charge is 0.454 e. The number of halogens is 1. The zero-order chi connectivity index (χ0) is 20.1. The molecule has 0 spiro atoms. The highest BCUT2D eigenvalue weighted by Gasteiger charge is 2.21. The predicted molar refractivity (Wildman–Crippen MR) is 108 cm³/mol. The van der Waals surface area contributed by atoms with Gasteiger partial charge in [-0.15, -0.1) is 0 Å². The van der Waals surface area contributed by atoms with Gasteiger partial charge >= 0.3 is 0 Å².